The third-order valence-electron chi connectivity index (χ3n) is 6.01. The van der Waals surface area contributed by atoms with Gasteiger partial charge in [0.2, 0.25) is 0 Å². The first-order chi connectivity index (χ1) is 13.6. The second-order valence-electron chi connectivity index (χ2n) is 8.22. The fourth-order valence-electron chi connectivity index (χ4n) is 4.22. The second kappa shape index (κ2) is 7.21. The van der Waals surface area contributed by atoms with Crippen LogP contribution in [0.5, 0.6) is 0 Å². The molecule has 1 N–H and O–H groups in total. The van der Waals surface area contributed by atoms with E-state index in [-0.39, 0.29) is 11.5 Å². The zero-order valence-electron chi connectivity index (χ0n) is 16.2. The van der Waals surface area contributed by atoms with E-state index < -0.39 is 0 Å². The van der Waals surface area contributed by atoms with Gasteiger partial charge in [0, 0.05) is 48.5 Å². The minimum atomic E-state index is -0.212. The number of thiophene rings is 1. The lowest BCUT2D eigenvalue weighted by Gasteiger charge is -2.43. The molecule has 1 amide bonds. The van der Waals surface area contributed by atoms with Crippen LogP contribution in [-0.4, -0.2) is 46.5 Å². The van der Waals surface area contributed by atoms with Crippen molar-refractivity contribution in [2.75, 3.05) is 19.7 Å². The molecule has 6 nitrogen and oxygen atoms in total. The molecule has 0 radical (unpaired) electrons. The van der Waals surface area contributed by atoms with E-state index in [1.807, 2.05) is 19.3 Å². The summed E-state index contributed by atoms with van der Waals surface area (Å²) in [4.78, 5) is 25.7. The van der Waals surface area contributed by atoms with Crippen molar-refractivity contribution in [3.63, 3.8) is 0 Å². The number of carbonyl (C=O) groups is 1. The van der Waals surface area contributed by atoms with Crippen LogP contribution < -0.4 is 5.32 Å². The summed E-state index contributed by atoms with van der Waals surface area (Å²) in [5, 5.41) is 3.12. The Labute approximate surface area is 169 Å². The summed E-state index contributed by atoms with van der Waals surface area (Å²) in [7, 11) is 0. The summed E-state index contributed by atoms with van der Waals surface area (Å²) in [5.41, 5.74) is 2.26. The van der Waals surface area contributed by atoms with E-state index in [0.717, 1.165) is 74.6 Å². The van der Waals surface area contributed by atoms with Crippen LogP contribution in [0.3, 0.4) is 0 Å². The molecule has 0 bridgehead atoms. The summed E-state index contributed by atoms with van der Waals surface area (Å²) in [6.07, 6.45) is 8.93. The van der Waals surface area contributed by atoms with E-state index in [9.17, 15) is 4.79 Å². The first-order valence-corrected chi connectivity index (χ1v) is 11.0. The molecule has 4 heterocycles. The number of fused-ring (bicyclic) bond motifs is 2. The largest absolute Gasteiger partial charge is 0.369 e. The molecular weight excluding hydrogens is 372 g/mol. The third-order valence-corrected chi connectivity index (χ3v) is 7.37. The van der Waals surface area contributed by atoms with E-state index in [4.69, 9.17) is 4.74 Å². The first kappa shape index (κ1) is 18.2. The molecule has 1 saturated heterocycles. The predicted molar refractivity (Wildman–Crippen MR) is 107 cm³/mol. The van der Waals surface area contributed by atoms with Gasteiger partial charge in [0.1, 0.15) is 11.4 Å². The maximum atomic E-state index is 12.5. The van der Waals surface area contributed by atoms with Crippen molar-refractivity contribution in [1.82, 2.24) is 20.2 Å². The van der Waals surface area contributed by atoms with Gasteiger partial charge < -0.3 is 10.1 Å². The van der Waals surface area contributed by atoms with Gasteiger partial charge in [-0.25, -0.2) is 9.97 Å². The molecule has 2 fully saturated rings. The predicted octanol–water partition coefficient (Wildman–Crippen LogP) is 2.80. The van der Waals surface area contributed by atoms with E-state index in [2.05, 4.69) is 26.3 Å². The lowest BCUT2D eigenvalue weighted by molar-refractivity contribution is -0.0960. The smallest absolute Gasteiger partial charge is 0.261 e. The summed E-state index contributed by atoms with van der Waals surface area (Å²) < 4.78 is 6.36. The molecule has 1 spiro atoms. The molecule has 2 aromatic heterocycles. The van der Waals surface area contributed by atoms with Crippen LogP contribution in [0, 0.1) is 6.92 Å². The third kappa shape index (κ3) is 3.58. The highest BCUT2D eigenvalue weighted by Crippen LogP contribution is 2.45. The summed E-state index contributed by atoms with van der Waals surface area (Å²) in [6, 6.07) is 2.50. The number of likely N-dealkylation sites (tertiary alicyclic amines) is 1. The summed E-state index contributed by atoms with van der Waals surface area (Å²) in [6.45, 7) is 5.50. The van der Waals surface area contributed by atoms with E-state index in [1.165, 1.54) is 10.4 Å². The Balaban J connectivity index is 1.28. The molecule has 7 heteroatoms. The number of carbonyl (C=O) groups excluding carboxylic acids is 1. The maximum Gasteiger partial charge on any atom is 0.261 e. The number of amides is 1. The monoisotopic (exact) mass is 398 g/mol. The van der Waals surface area contributed by atoms with Crippen molar-refractivity contribution >= 4 is 17.2 Å². The summed E-state index contributed by atoms with van der Waals surface area (Å²) in [5.74, 6) is 0.901. The first-order valence-electron chi connectivity index (χ1n) is 10.2. The number of hydrogen-bond donors (Lipinski definition) is 1. The number of aromatic nitrogens is 2. The molecule has 1 aliphatic carbocycles. The highest BCUT2D eigenvalue weighted by molar-refractivity contribution is 7.14. The fourth-order valence-corrected chi connectivity index (χ4v) is 5.53. The van der Waals surface area contributed by atoms with Crippen molar-refractivity contribution in [3.05, 3.63) is 45.2 Å². The molecule has 0 aromatic carbocycles. The standard InChI is InChI=1S/C21H26N4O2S/c1-14-22-11-15(12-23-14)13-25-7-5-21(6-8-25)19-16(4-9-27-21)10-18(28-19)20(26)24-17-2-3-17/h10-12,17H,2-9,13H2,1H3,(H,24,26). The van der Waals surface area contributed by atoms with Gasteiger partial charge in [-0.3, -0.25) is 9.69 Å². The van der Waals surface area contributed by atoms with E-state index in [0.29, 0.717) is 6.04 Å². The van der Waals surface area contributed by atoms with Crippen LogP contribution in [0.25, 0.3) is 0 Å². The van der Waals surface area contributed by atoms with Gasteiger partial charge in [-0.1, -0.05) is 0 Å². The van der Waals surface area contributed by atoms with Crippen LogP contribution in [-0.2, 0) is 23.3 Å². The van der Waals surface area contributed by atoms with Crippen LogP contribution in [0.1, 0.15) is 57.2 Å². The molecule has 0 atom stereocenters. The van der Waals surface area contributed by atoms with Crippen molar-refractivity contribution < 1.29 is 9.53 Å². The summed E-state index contributed by atoms with van der Waals surface area (Å²) >= 11 is 1.65. The van der Waals surface area contributed by atoms with E-state index in [1.54, 1.807) is 11.3 Å². The van der Waals surface area contributed by atoms with Crippen LogP contribution >= 0.6 is 11.3 Å². The number of nitrogens with zero attached hydrogens (tertiary/aromatic N) is 3. The zero-order chi connectivity index (χ0) is 19.1. The Bertz CT molecular complexity index is 867. The van der Waals surface area contributed by atoms with Crippen molar-refractivity contribution in [2.24, 2.45) is 0 Å². The minimum Gasteiger partial charge on any atom is -0.369 e. The molecule has 2 aliphatic heterocycles. The Morgan fingerprint density at radius 3 is 2.79 bits per heavy atom. The molecule has 148 valence electrons. The number of rotatable bonds is 4. The van der Waals surface area contributed by atoms with Crippen molar-refractivity contribution in [2.45, 2.75) is 57.2 Å². The topological polar surface area (TPSA) is 67.4 Å². The lowest BCUT2D eigenvalue weighted by Crippen LogP contribution is -2.45. The van der Waals surface area contributed by atoms with Crippen LogP contribution in [0.2, 0.25) is 0 Å². The Morgan fingerprint density at radius 2 is 2.07 bits per heavy atom. The van der Waals surface area contributed by atoms with Crippen molar-refractivity contribution in [1.29, 1.82) is 0 Å². The Kier molecular flexibility index (Phi) is 4.69. The van der Waals surface area contributed by atoms with Crippen LogP contribution in [0.4, 0.5) is 0 Å². The average molecular weight is 399 g/mol. The number of ether oxygens (including phenoxy) is 1. The molecule has 5 rings (SSSR count). The molecule has 2 aromatic rings. The fraction of sp³-hybridized carbons (Fsp3) is 0.571. The highest BCUT2D eigenvalue weighted by Gasteiger charge is 2.42. The lowest BCUT2D eigenvalue weighted by atomic mass is 9.85. The SMILES string of the molecule is Cc1ncc(CN2CCC3(CC2)OCCc2cc(C(=O)NC4CC4)sc23)cn1. The quantitative estimate of drug-likeness (QED) is 0.858. The van der Waals surface area contributed by atoms with Gasteiger partial charge >= 0.3 is 0 Å². The van der Waals surface area contributed by atoms with Gasteiger partial charge in [0.05, 0.1) is 11.5 Å². The van der Waals surface area contributed by atoms with E-state index >= 15 is 0 Å². The molecule has 1 saturated carbocycles. The Hall–Kier alpha value is -1.83. The molecule has 3 aliphatic rings. The number of nitrogens with one attached hydrogen (secondary N) is 1. The Morgan fingerprint density at radius 1 is 1.32 bits per heavy atom. The number of aryl methyl sites for hydroxylation is 1. The zero-order valence-corrected chi connectivity index (χ0v) is 17.1. The maximum absolute atomic E-state index is 12.5. The molecular formula is C21H26N4O2S. The van der Waals surface area contributed by atoms with Gasteiger partial charge in [0.15, 0.2) is 0 Å². The van der Waals surface area contributed by atoms with Crippen LogP contribution in [0.15, 0.2) is 18.5 Å². The van der Waals surface area contributed by atoms with Gasteiger partial charge in [0.25, 0.3) is 5.91 Å². The number of piperidine rings is 1. The average Bonchev–Trinajstić information content (AvgIpc) is 3.40. The van der Waals surface area contributed by atoms with Crippen molar-refractivity contribution in [3.8, 4) is 0 Å². The normalized spacial score (nSPS) is 21.5. The highest BCUT2D eigenvalue weighted by atomic mass is 32.1. The molecule has 0 unspecified atom stereocenters. The minimum absolute atomic E-state index is 0.0915. The van der Waals surface area contributed by atoms with Gasteiger partial charge in [-0.05, 0) is 50.7 Å². The number of hydrogen-bond acceptors (Lipinski definition) is 6. The second-order valence-corrected chi connectivity index (χ2v) is 9.27. The molecule has 28 heavy (non-hydrogen) atoms. The van der Waals surface area contributed by atoms with Gasteiger partial charge in [-0.15, -0.1) is 11.3 Å². The van der Waals surface area contributed by atoms with Gasteiger partial charge in [-0.2, -0.15) is 0 Å².